The zero-order valence-electron chi connectivity index (χ0n) is 10.7. The number of aliphatic carboxylic acids is 1. The molecule has 1 N–H and O–H groups in total. The molecule has 1 atom stereocenters. The number of rotatable bonds is 6. The number of piperidine rings is 1. The SMILES string of the molecule is CCCCCCC(=O)N1CCCC[C@H]1C(=O)O. The van der Waals surface area contributed by atoms with Gasteiger partial charge in [0, 0.05) is 13.0 Å². The Labute approximate surface area is 103 Å². The highest BCUT2D eigenvalue weighted by atomic mass is 16.4. The van der Waals surface area contributed by atoms with Crippen LogP contribution < -0.4 is 0 Å². The average Bonchev–Trinajstić information content (AvgIpc) is 2.34. The van der Waals surface area contributed by atoms with Gasteiger partial charge in [0.25, 0.3) is 0 Å². The van der Waals surface area contributed by atoms with E-state index in [1.807, 2.05) is 0 Å². The van der Waals surface area contributed by atoms with Crippen molar-refractivity contribution in [3.8, 4) is 0 Å². The molecule has 0 aromatic rings. The van der Waals surface area contributed by atoms with Crippen LogP contribution >= 0.6 is 0 Å². The van der Waals surface area contributed by atoms with Crippen molar-refractivity contribution in [2.75, 3.05) is 6.54 Å². The number of hydrogen-bond donors (Lipinski definition) is 1. The van der Waals surface area contributed by atoms with Gasteiger partial charge in [-0.15, -0.1) is 0 Å². The van der Waals surface area contributed by atoms with Crippen LogP contribution in [0.25, 0.3) is 0 Å². The van der Waals surface area contributed by atoms with Gasteiger partial charge in [-0.1, -0.05) is 26.2 Å². The van der Waals surface area contributed by atoms with Crippen LogP contribution in [0.5, 0.6) is 0 Å². The number of nitrogens with zero attached hydrogens (tertiary/aromatic N) is 1. The molecule has 0 unspecified atom stereocenters. The second-order valence-electron chi connectivity index (χ2n) is 4.75. The van der Waals surface area contributed by atoms with Crippen LogP contribution in [0, 0.1) is 0 Å². The third-order valence-corrected chi connectivity index (χ3v) is 3.35. The lowest BCUT2D eigenvalue weighted by atomic mass is 10.0. The quantitative estimate of drug-likeness (QED) is 0.726. The van der Waals surface area contributed by atoms with Crippen molar-refractivity contribution in [2.45, 2.75) is 64.3 Å². The first-order valence-corrected chi connectivity index (χ1v) is 6.69. The molecule has 1 saturated heterocycles. The van der Waals surface area contributed by atoms with E-state index in [0.29, 0.717) is 19.4 Å². The molecule has 0 radical (unpaired) electrons. The van der Waals surface area contributed by atoms with E-state index in [0.717, 1.165) is 38.5 Å². The molecule has 98 valence electrons. The van der Waals surface area contributed by atoms with E-state index >= 15 is 0 Å². The number of amides is 1. The predicted octanol–water partition coefficient (Wildman–Crippen LogP) is 2.42. The van der Waals surface area contributed by atoms with E-state index in [4.69, 9.17) is 5.11 Å². The molecule has 0 aromatic carbocycles. The summed E-state index contributed by atoms with van der Waals surface area (Å²) in [5, 5.41) is 9.07. The Morgan fingerprint density at radius 3 is 2.65 bits per heavy atom. The third kappa shape index (κ3) is 4.36. The molecule has 1 fully saturated rings. The molecule has 0 spiro atoms. The van der Waals surface area contributed by atoms with Crippen molar-refractivity contribution in [1.82, 2.24) is 4.90 Å². The third-order valence-electron chi connectivity index (χ3n) is 3.35. The fourth-order valence-electron chi connectivity index (χ4n) is 2.33. The van der Waals surface area contributed by atoms with Gasteiger partial charge in [-0.25, -0.2) is 4.79 Å². The van der Waals surface area contributed by atoms with Gasteiger partial charge in [-0.2, -0.15) is 0 Å². The predicted molar refractivity (Wildman–Crippen MR) is 65.7 cm³/mol. The summed E-state index contributed by atoms with van der Waals surface area (Å²) in [4.78, 5) is 24.6. The fourth-order valence-corrected chi connectivity index (χ4v) is 2.33. The number of carbonyl (C=O) groups is 2. The lowest BCUT2D eigenvalue weighted by molar-refractivity contribution is -0.152. The highest BCUT2D eigenvalue weighted by molar-refractivity contribution is 5.83. The molecular weight excluding hydrogens is 218 g/mol. The van der Waals surface area contributed by atoms with E-state index in [2.05, 4.69) is 6.92 Å². The molecule has 1 rings (SSSR count). The lowest BCUT2D eigenvalue weighted by Crippen LogP contribution is -2.47. The number of unbranched alkanes of at least 4 members (excludes halogenated alkanes) is 3. The van der Waals surface area contributed by atoms with Gasteiger partial charge in [-0.05, 0) is 25.7 Å². The number of likely N-dealkylation sites (tertiary alicyclic amines) is 1. The lowest BCUT2D eigenvalue weighted by Gasteiger charge is -2.33. The summed E-state index contributed by atoms with van der Waals surface area (Å²) in [6, 6.07) is -0.581. The van der Waals surface area contributed by atoms with Crippen molar-refractivity contribution in [2.24, 2.45) is 0 Å². The molecule has 1 amide bonds. The Kier molecular flexibility index (Phi) is 6.01. The van der Waals surface area contributed by atoms with Crippen LogP contribution in [0.4, 0.5) is 0 Å². The maximum Gasteiger partial charge on any atom is 0.326 e. The van der Waals surface area contributed by atoms with E-state index in [1.165, 1.54) is 0 Å². The highest BCUT2D eigenvalue weighted by Crippen LogP contribution is 2.19. The average molecular weight is 241 g/mol. The number of carboxylic acid groups (broad SMARTS) is 1. The van der Waals surface area contributed by atoms with Gasteiger partial charge in [0.1, 0.15) is 6.04 Å². The molecular formula is C13H23NO3. The van der Waals surface area contributed by atoms with Crippen LogP contribution in [-0.4, -0.2) is 34.5 Å². The smallest absolute Gasteiger partial charge is 0.326 e. The largest absolute Gasteiger partial charge is 0.480 e. The van der Waals surface area contributed by atoms with Gasteiger partial charge in [0.2, 0.25) is 5.91 Å². The van der Waals surface area contributed by atoms with Crippen LogP contribution in [0.2, 0.25) is 0 Å². The fraction of sp³-hybridized carbons (Fsp3) is 0.846. The maximum absolute atomic E-state index is 11.9. The van der Waals surface area contributed by atoms with Crippen molar-refractivity contribution >= 4 is 11.9 Å². The summed E-state index contributed by atoms with van der Waals surface area (Å²) in [6.45, 7) is 2.75. The number of carbonyl (C=O) groups excluding carboxylic acids is 1. The Morgan fingerprint density at radius 1 is 1.24 bits per heavy atom. The van der Waals surface area contributed by atoms with Gasteiger partial charge in [0.15, 0.2) is 0 Å². The van der Waals surface area contributed by atoms with E-state index in [9.17, 15) is 9.59 Å². The van der Waals surface area contributed by atoms with Crippen molar-refractivity contribution in [1.29, 1.82) is 0 Å². The second kappa shape index (κ2) is 7.30. The summed E-state index contributed by atoms with van der Waals surface area (Å²) in [5.41, 5.74) is 0. The summed E-state index contributed by atoms with van der Waals surface area (Å²) in [5.74, 6) is -0.834. The van der Waals surface area contributed by atoms with E-state index < -0.39 is 12.0 Å². The van der Waals surface area contributed by atoms with Crippen molar-refractivity contribution in [3.63, 3.8) is 0 Å². The molecule has 0 bridgehead atoms. The molecule has 1 aliphatic rings. The zero-order valence-corrected chi connectivity index (χ0v) is 10.7. The highest BCUT2D eigenvalue weighted by Gasteiger charge is 2.31. The molecule has 4 nitrogen and oxygen atoms in total. The molecule has 0 aromatic heterocycles. The second-order valence-corrected chi connectivity index (χ2v) is 4.75. The molecule has 4 heteroatoms. The normalized spacial score (nSPS) is 20.3. The van der Waals surface area contributed by atoms with Crippen LogP contribution in [0.3, 0.4) is 0 Å². The maximum atomic E-state index is 11.9. The first kappa shape index (κ1) is 14.0. The summed E-state index contributed by atoms with van der Waals surface area (Å²) in [7, 11) is 0. The standard InChI is InChI=1S/C13H23NO3/c1-2-3-4-5-9-12(15)14-10-7-6-8-11(14)13(16)17/h11H,2-10H2,1H3,(H,16,17)/t11-/m0/s1. The first-order chi connectivity index (χ1) is 8.16. The first-order valence-electron chi connectivity index (χ1n) is 6.69. The summed E-state index contributed by atoms with van der Waals surface area (Å²) in [6.07, 6.45) is 7.20. The monoisotopic (exact) mass is 241 g/mol. The molecule has 0 saturated carbocycles. The van der Waals surface area contributed by atoms with E-state index in [1.54, 1.807) is 4.90 Å². The van der Waals surface area contributed by atoms with Crippen LogP contribution in [-0.2, 0) is 9.59 Å². The minimum absolute atomic E-state index is 0.0215. The van der Waals surface area contributed by atoms with Crippen molar-refractivity contribution in [3.05, 3.63) is 0 Å². The summed E-state index contributed by atoms with van der Waals surface area (Å²) < 4.78 is 0. The van der Waals surface area contributed by atoms with Crippen LogP contribution in [0.15, 0.2) is 0 Å². The zero-order chi connectivity index (χ0) is 12.7. The van der Waals surface area contributed by atoms with Gasteiger partial charge < -0.3 is 10.0 Å². The van der Waals surface area contributed by atoms with Crippen molar-refractivity contribution < 1.29 is 14.7 Å². The Hall–Kier alpha value is -1.06. The number of carboxylic acids is 1. The minimum Gasteiger partial charge on any atom is -0.480 e. The molecule has 1 heterocycles. The van der Waals surface area contributed by atoms with E-state index in [-0.39, 0.29) is 5.91 Å². The molecule has 0 aliphatic carbocycles. The van der Waals surface area contributed by atoms with Crippen LogP contribution in [0.1, 0.15) is 58.3 Å². The molecule has 17 heavy (non-hydrogen) atoms. The Bertz CT molecular complexity index is 265. The molecule has 1 aliphatic heterocycles. The Balaban J connectivity index is 2.39. The Morgan fingerprint density at radius 2 is 2.00 bits per heavy atom. The minimum atomic E-state index is -0.855. The summed E-state index contributed by atoms with van der Waals surface area (Å²) >= 11 is 0. The van der Waals surface area contributed by atoms with Gasteiger partial charge in [0.05, 0.1) is 0 Å². The topological polar surface area (TPSA) is 57.6 Å². The van der Waals surface area contributed by atoms with Gasteiger partial charge in [-0.3, -0.25) is 4.79 Å². The van der Waals surface area contributed by atoms with Gasteiger partial charge >= 0.3 is 5.97 Å². The number of hydrogen-bond acceptors (Lipinski definition) is 2.